The lowest BCUT2D eigenvalue weighted by Crippen LogP contribution is -2.52. The Balaban J connectivity index is 1.98. The third-order valence-corrected chi connectivity index (χ3v) is 4.79. The summed E-state index contributed by atoms with van der Waals surface area (Å²) in [5.74, 6) is -0.721. The summed E-state index contributed by atoms with van der Waals surface area (Å²) in [6.07, 6.45) is 4.29. The summed E-state index contributed by atoms with van der Waals surface area (Å²) in [5, 5.41) is 17.5. The van der Waals surface area contributed by atoms with Crippen molar-refractivity contribution in [3.63, 3.8) is 0 Å². The summed E-state index contributed by atoms with van der Waals surface area (Å²) >= 11 is 0. The van der Waals surface area contributed by atoms with Gasteiger partial charge in [0.1, 0.15) is 5.54 Å². The normalized spacial score (nSPS) is 17.7. The van der Waals surface area contributed by atoms with Crippen molar-refractivity contribution in [1.29, 1.82) is 0 Å². The van der Waals surface area contributed by atoms with Crippen molar-refractivity contribution in [1.82, 2.24) is 15.1 Å². The van der Waals surface area contributed by atoms with E-state index in [0.29, 0.717) is 18.9 Å². The Hall–Kier alpha value is -1.36. The van der Waals surface area contributed by atoms with Crippen LogP contribution in [0.1, 0.15) is 56.0 Å². The van der Waals surface area contributed by atoms with E-state index in [2.05, 4.69) is 24.3 Å². The molecule has 1 aliphatic carbocycles. The van der Waals surface area contributed by atoms with Gasteiger partial charge in [0.05, 0.1) is 5.69 Å². The van der Waals surface area contributed by atoms with Gasteiger partial charge in [-0.1, -0.05) is 6.92 Å². The Bertz CT molecular complexity index is 520. The highest BCUT2D eigenvalue weighted by Crippen LogP contribution is 2.27. The molecule has 1 aromatic rings. The first kappa shape index (κ1) is 16.0. The molecule has 118 valence electrons. The minimum Gasteiger partial charge on any atom is -0.480 e. The van der Waals surface area contributed by atoms with Gasteiger partial charge in [-0.3, -0.25) is 14.8 Å². The molecule has 0 aliphatic heterocycles. The minimum atomic E-state index is -0.772. The van der Waals surface area contributed by atoms with E-state index < -0.39 is 11.5 Å². The summed E-state index contributed by atoms with van der Waals surface area (Å²) in [7, 11) is 0. The maximum absolute atomic E-state index is 11.7. The summed E-state index contributed by atoms with van der Waals surface area (Å²) < 4.78 is 2.00. The standard InChI is InChI=1S/C16H27N3O2/c1-5-16(15(20)21,17-14-7-8-14)9-6-10-19-13(4)11(2)12(3)18-19/h14,17H,5-10H2,1-4H3,(H,20,21). The van der Waals surface area contributed by atoms with Crippen LogP contribution < -0.4 is 5.32 Å². The number of nitrogens with zero attached hydrogens (tertiary/aromatic N) is 2. The summed E-state index contributed by atoms with van der Waals surface area (Å²) in [5.41, 5.74) is 2.70. The van der Waals surface area contributed by atoms with Crippen LogP contribution in [0.3, 0.4) is 0 Å². The molecule has 5 nitrogen and oxygen atoms in total. The van der Waals surface area contributed by atoms with Gasteiger partial charge in [-0.2, -0.15) is 5.10 Å². The van der Waals surface area contributed by atoms with Gasteiger partial charge in [0, 0.05) is 18.3 Å². The number of aliphatic carboxylic acids is 1. The monoisotopic (exact) mass is 293 g/mol. The van der Waals surface area contributed by atoms with Gasteiger partial charge in [0.15, 0.2) is 0 Å². The highest BCUT2D eigenvalue weighted by atomic mass is 16.4. The number of aromatic nitrogens is 2. The van der Waals surface area contributed by atoms with Gasteiger partial charge in [-0.15, -0.1) is 0 Å². The number of hydrogen-bond acceptors (Lipinski definition) is 3. The minimum absolute atomic E-state index is 0.400. The van der Waals surface area contributed by atoms with Crippen LogP contribution in [0.15, 0.2) is 0 Å². The fourth-order valence-electron chi connectivity index (χ4n) is 2.82. The SMILES string of the molecule is CCC(CCCn1nc(C)c(C)c1C)(NC1CC1)C(=O)O. The largest absolute Gasteiger partial charge is 0.480 e. The highest BCUT2D eigenvalue weighted by molar-refractivity contribution is 5.78. The molecule has 1 fully saturated rings. The van der Waals surface area contributed by atoms with Gasteiger partial charge in [0.25, 0.3) is 0 Å². The molecule has 0 aromatic carbocycles. The summed E-state index contributed by atoms with van der Waals surface area (Å²) in [6.45, 7) is 8.90. The molecule has 5 heteroatoms. The number of carbonyl (C=O) groups is 1. The van der Waals surface area contributed by atoms with Crippen molar-refractivity contribution < 1.29 is 9.90 Å². The van der Waals surface area contributed by atoms with E-state index in [-0.39, 0.29) is 0 Å². The molecule has 1 atom stereocenters. The van der Waals surface area contributed by atoms with Gasteiger partial charge in [-0.25, -0.2) is 0 Å². The zero-order valence-corrected chi connectivity index (χ0v) is 13.6. The first-order valence-corrected chi connectivity index (χ1v) is 7.91. The van der Waals surface area contributed by atoms with Gasteiger partial charge < -0.3 is 5.11 Å². The number of hydrogen-bond donors (Lipinski definition) is 2. The van der Waals surface area contributed by atoms with Crippen LogP contribution in [0.4, 0.5) is 0 Å². The molecule has 0 radical (unpaired) electrons. The molecule has 0 saturated heterocycles. The molecule has 1 unspecified atom stereocenters. The lowest BCUT2D eigenvalue weighted by molar-refractivity contribution is -0.145. The topological polar surface area (TPSA) is 67.2 Å². The first-order valence-electron chi connectivity index (χ1n) is 7.91. The highest BCUT2D eigenvalue weighted by Gasteiger charge is 2.40. The molecule has 2 N–H and O–H groups in total. The van der Waals surface area contributed by atoms with E-state index in [0.717, 1.165) is 31.5 Å². The van der Waals surface area contributed by atoms with Crippen molar-refractivity contribution in [2.75, 3.05) is 0 Å². The number of rotatable bonds is 8. The average molecular weight is 293 g/mol. The molecule has 1 heterocycles. The second-order valence-corrected chi connectivity index (χ2v) is 6.28. The van der Waals surface area contributed by atoms with Crippen LogP contribution in [0.5, 0.6) is 0 Å². The van der Waals surface area contributed by atoms with E-state index in [1.165, 1.54) is 11.3 Å². The molecular weight excluding hydrogens is 266 g/mol. The number of aryl methyl sites for hydroxylation is 2. The summed E-state index contributed by atoms with van der Waals surface area (Å²) in [4.78, 5) is 11.7. The number of nitrogens with one attached hydrogen (secondary N) is 1. The third kappa shape index (κ3) is 3.46. The maximum atomic E-state index is 11.7. The second kappa shape index (κ2) is 6.18. The smallest absolute Gasteiger partial charge is 0.323 e. The predicted molar refractivity (Wildman–Crippen MR) is 82.5 cm³/mol. The zero-order chi connectivity index (χ0) is 15.6. The molecular formula is C16H27N3O2. The van der Waals surface area contributed by atoms with Gasteiger partial charge in [0.2, 0.25) is 0 Å². The van der Waals surface area contributed by atoms with Crippen LogP contribution >= 0.6 is 0 Å². The fraction of sp³-hybridized carbons (Fsp3) is 0.750. The van der Waals surface area contributed by atoms with Gasteiger partial charge >= 0.3 is 5.97 Å². The Morgan fingerprint density at radius 1 is 1.43 bits per heavy atom. The van der Waals surface area contributed by atoms with Crippen LogP contribution in [0, 0.1) is 20.8 Å². The van der Waals surface area contributed by atoms with E-state index in [4.69, 9.17) is 0 Å². The van der Waals surface area contributed by atoms with E-state index in [9.17, 15) is 9.90 Å². The number of carboxylic acids is 1. The molecule has 0 bridgehead atoms. The molecule has 1 aromatic heterocycles. The summed E-state index contributed by atoms with van der Waals surface area (Å²) in [6, 6.07) is 0.400. The molecule has 0 spiro atoms. The van der Waals surface area contributed by atoms with Crippen molar-refractivity contribution >= 4 is 5.97 Å². The first-order chi connectivity index (χ1) is 9.89. The van der Waals surface area contributed by atoms with Crippen molar-refractivity contribution in [2.24, 2.45) is 0 Å². The average Bonchev–Trinajstić information content (AvgIpc) is 3.22. The van der Waals surface area contributed by atoms with E-state index in [1.807, 2.05) is 18.5 Å². The van der Waals surface area contributed by atoms with Crippen molar-refractivity contribution in [3.05, 3.63) is 17.0 Å². The molecule has 1 saturated carbocycles. The number of carboxylic acid groups (broad SMARTS) is 1. The zero-order valence-electron chi connectivity index (χ0n) is 13.6. The van der Waals surface area contributed by atoms with Crippen molar-refractivity contribution in [3.8, 4) is 0 Å². The molecule has 21 heavy (non-hydrogen) atoms. The Kier molecular flexibility index (Phi) is 4.71. The molecule has 2 rings (SSSR count). The van der Waals surface area contributed by atoms with E-state index >= 15 is 0 Å². The quantitative estimate of drug-likeness (QED) is 0.773. The predicted octanol–water partition coefficient (Wildman–Crippen LogP) is 2.57. The van der Waals surface area contributed by atoms with Crippen LogP contribution in [-0.2, 0) is 11.3 Å². The molecule has 1 aliphatic rings. The molecule has 0 amide bonds. The van der Waals surface area contributed by atoms with Crippen molar-refractivity contribution in [2.45, 2.75) is 77.9 Å². The lowest BCUT2D eigenvalue weighted by atomic mass is 9.90. The van der Waals surface area contributed by atoms with E-state index in [1.54, 1.807) is 0 Å². The third-order valence-electron chi connectivity index (χ3n) is 4.79. The fourth-order valence-corrected chi connectivity index (χ4v) is 2.82. The second-order valence-electron chi connectivity index (χ2n) is 6.28. The van der Waals surface area contributed by atoms with Crippen LogP contribution in [-0.4, -0.2) is 32.4 Å². The Labute approximate surface area is 126 Å². The lowest BCUT2D eigenvalue weighted by Gasteiger charge is -2.29. The van der Waals surface area contributed by atoms with Gasteiger partial charge in [-0.05, 0) is 58.4 Å². The Morgan fingerprint density at radius 2 is 2.10 bits per heavy atom. The van der Waals surface area contributed by atoms with Crippen LogP contribution in [0.25, 0.3) is 0 Å². The maximum Gasteiger partial charge on any atom is 0.323 e. The van der Waals surface area contributed by atoms with Crippen LogP contribution in [0.2, 0.25) is 0 Å². The Morgan fingerprint density at radius 3 is 2.52 bits per heavy atom.